The molecule has 2 unspecified atom stereocenters. The van der Waals surface area contributed by atoms with Gasteiger partial charge in [-0.25, -0.2) is 4.99 Å². The normalized spacial score (nSPS) is 31.7. The van der Waals surface area contributed by atoms with E-state index in [0.717, 1.165) is 24.3 Å². The zero-order valence-corrected chi connectivity index (χ0v) is 15.3. The Balaban J connectivity index is 1.66. The molecule has 0 fully saturated rings. The van der Waals surface area contributed by atoms with Gasteiger partial charge in [-0.1, -0.05) is 23.9 Å². The number of amidine groups is 1. The third-order valence-electron chi connectivity index (χ3n) is 4.66. The summed E-state index contributed by atoms with van der Waals surface area (Å²) < 4.78 is 4.99. The fraction of sp³-hybridized carbons (Fsp3) is 0.529. The molecule has 1 amide bonds. The van der Waals surface area contributed by atoms with Gasteiger partial charge >= 0.3 is 0 Å². The molecule has 0 radical (unpaired) electrons. The summed E-state index contributed by atoms with van der Waals surface area (Å²) in [7, 11) is 1.53. The molecule has 0 spiro atoms. The number of allylic oxidation sites excluding steroid dienone is 2. The number of rotatable bonds is 3. The van der Waals surface area contributed by atoms with Gasteiger partial charge in [0.05, 0.1) is 25.4 Å². The Kier molecular flexibility index (Phi) is 5.27. The highest BCUT2D eigenvalue weighted by atomic mass is 32.2. The van der Waals surface area contributed by atoms with E-state index in [9.17, 15) is 4.79 Å². The number of thioether (sulfide) groups is 1. The number of aliphatic imine (C=N–C) groups is 3. The Hall–Kier alpha value is -2.09. The standard InChI is InChI=1S/C17H23N5O2S/c1-17(6-7-25-16(18)22-17)11-4-3-5-12(8-11)21-15(23)13-9-20-14(24-2)10-19-13/h3,5,8,10-11,13H,4,6-7,9H2,1-2H3,(H2,18,22)(H,21,23)/t11?,13?,17-/m0/s1. The van der Waals surface area contributed by atoms with E-state index in [1.165, 1.54) is 13.3 Å². The van der Waals surface area contributed by atoms with E-state index in [-0.39, 0.29) is 17.4 Å². The molecule has 0 saturated carbocycles. The van der Waals surface area contributed by atoms with Crippen molar-refractivity contribution in [2.24, 2.45) is 26.6 Å². The van der Waals surface area contributed by atoms with E-state index in [1.54, 1.807) is 11.8 Å². The Bertz CT molecular complexity index is 697. The van der Waals surface area contributed by atoms with Crippen molar-refractivity contribution < 1.29 is 9.53 Å². The molecule has 0 saturated heterocycles. The van der Waals surface area contributed by atoms with Crippen molar-refractivity contribution in [2.75, 3.05) is 19.4 Å². The summed E-state index contributed by atoms with van der Waals surface area (Å²) in [6, 6.07) is -0.524. The second-order valence-corrected chi connectivity index (χ2v) is 7.55. The Labute approximate surface area is 151 Å². The van der Waals surface area contributed by atoms with Crippen LogP contribution in [0.15, 0.2) is 38.9 Å². The number of nitrogens with two attached hydrogens (primary N) is 1. The van der Waals surface area contributed by atoms with Crippen LogP contribution in [0.5, 0.6) is 0 Å². The van der Waals surface area contributed by atoms with Crippen LogP contribution in [-0.2, 0) is 9.53 Å². The predicted molar refractivity (Wildman–Crippen MR) is 102 cm³/mol. The van der Waals surface area contributed by atoms with E-state index < -0.39 is 6.04 Å². The summed E-state index contributed by atoms with van der Waals surface area (Å²) in [5, 5.41) is 3.59. The van der Waals surface area contributed by atoms with Gasteiger partial charge in [-0.05, 0) is 25.8 Å². The average Bonchev–Trinajstić information content (AvgIpc) is 2.62. The van der Waals surface area contributed by atoms with Crippen LogP contribution in [0.2, 0.25) is 0 Å². The predicted octanol–water partition coefficient (Wildman–Crippen LogP) is 1.27. The highest BCUT2D eigenvalue weighted by Crippen LogP contribution is 2.37. The van der Waals surface area contributed by atoms with Crippen LogP contribution in [-0.4, -0.2) is 54.2 Å². The van der Waals surface area contributed by atoms with Crippen LogP contribution in [0.3, 0.4) is 0 Å². The lowest BCUT2D eigenvalue weighted by Crippen LogP contribution is -2.40. The molecule has 0 aromatic heterocycles. The van der Waals surface area contributed by atoms with Crippen molar-refractivity contribution in [3.05, 3.63) is 23.9 Å². The minimum absolute atomic E-state index is 0.168. The number of carbonyl (C=O) groups is 1. The number of hydrogen-bond donors (Lipinski definition) is 2. The van der Waals surface area contributed by atoms with E-state index in [0.29, 0.717) is 17.6 Å². The lowest BCUT2D eigenvalue weighted by molar-refractivity contribution is -0.121. The molecule has 2 aliphatic heterocycles. The van der Waals surface area contributed by atoms with Crippen LogP contribution < -0.4 is 11.1 Å². The molecule has 134 valence electrons. The number of methoxy groups -OCH3 is 1. The molecule has 0 aromatic carbocycles. The SMILES string of the molecule is COC1=NCC(C(=O)NC2=CC([C@]3(C)CCSC(N)=N3)CC=C2)N=C1. The van der Waals surface area contributed by atoms with Gasteiger partial charge in [0.1, 0.15) is 6.04 Å². The number of amides is 1. The van der Waals surface area contributed by atoms with Gasteiger partial charge in [-0.3, -0.25) is 14.8 Å². The molecule has 25 heavy (non-hydrogen) atoms. The van der Waals surface area contributed by atoms with Crippen molar-refractivity contribution in [3.8, 4) is 0 Å². The molecule has 8 heteroatoms. The molecule has 3 aliphatic rings. The highest BCUT2D eigenvalue weighted by Gasteiger charge is 2.35. The summed E-state index contributed by atoms with van der Waals surface area (Å²) in [5.74, 6) is 1.46. The van der Waals surface area contributed by atoms with E-state index >= 15 is 0 Å². The largest absolute Gasteiger partial charge is 0.480 e. The summed E-state index contributed by atoms with van der Waals surface area (Å²) in [6.45, 7) is 2.42. The third-order valence-corrected chi connectivity index (χ3v) is 5.45. The quantitative estimate of drug-likeness (QED) is 0.790. The van der Waals surface area contributed by atoms with E-state index in [2.05, 4.69) is 39.4 Å². The lowest BCUT2D eigenvalue weighted by atomic mass is 9.79. The summed E-state index contributed by atoms with van der Waals surface area (Å²) >= 11 is 1.60. The van der Waals surface area contributed by atoms with Gasteiger partial charge in [0.2, 0.25) is 5.90 Å². The average molecular weight is 361 g/mol. The maximum absolute atomic E-state index is 12.4. The van der Waals surface area contributed by atoms with Gasteiger partial charge in [0.15, 0.2) is 5.17 Å². The van der Waals surface area contributed by atoms with Crippen molar-refractivity contribution >= 4 is 34.9 Å². The van der Waals surface area contributed by atoms with Crippen LogP contribution in [0, 0.1) is 5.92 Å². The molecule has 7 nitrogen and oxygen atoms in total. The summed E-state index contributed by atoms with van der Waals surface area (Å²) in [4.78, 5) is 25.4. The molecule has 1 aliphatic carbocycles. The molecule has 3 rings (SSSR count). The Morgan fingerprint density at radius 3 is 3.04 bits per heavy atom. The van der Waals surface area contributed by atoms with Gasteiger partial charge in [-0.15, -0.1) is 0 Å². The lowest BCUT2D eigenvalue weighted by Gasteiger charge is -2.36. The van der Waals surface area contributed by atoms with Gasteiger partial charge < -0.3 is 15.8 Å². The number of nitrogens with zero attached hydrogens (tertiary/aromatic N) is 3. The summed E-state index contributed by atoms with van der Waals surface area (Å²) in [6.07, 6.45) is 9.43. The first-order valence-electron chi connectivity index (χ1n) is 8.29. The minimum Gasteiger partial charge on any atom is -0.480 e. The monoisotopic (exact) mass is 361 g/mol. The third kappa shape index (κ3) is 4.12. The van der Waals surface area contributed by atoms with Gasteiger partial charge in [0, 0.05) is 17.4 Å². The molecular formula is C17H23N5O2S. The van der Waals surface area contributed by atoms with Gasteiger partial charge in [-0.2, -0.15) is 0 Å². The van der Waals surface area contributed by atoms with Crippen LogP contribution >= 0.6 is 11.8 Å². The maximum Gasteiger partial charge on any atom is 0.251 e. The smallest absolute Gasteiger partial charge is 0.251 e. The van der Waals surface area contributed by atoms with Crippen molar-refractivity contribution in [1.82, 2.24) is 5.32 Å². The topological polar surface area (TPSA) is 101 Å². The highest BCUT2D eigenvalue weighted by molar-refractivity contribution is 8.13. The number of nitrogens with one attached hydrogen (secondary N) is 1. The number of hydrogen-bond acceptors (Lipinski definition) is 7. The number of ether oxygens (including phenoxy) is 1. The van der Waals surface area contributed by atoms with Crippen molar-refractivity contribution in [2.45, 2.75) is 31.3 Å². The van der Waals surface area contributed by atoms with E-state index in [4.69, 9.17) is 10.5 Å². The molecule has 3 N–H and O–H groups in total. The molecule has 2 heterocycles. The molecular weight excluding hydrogens is 338 g/mol. The van der Waals surface area contributed by atoms with Crippen LogP contribution in [0.4, 0.5) is 0 Å². The first-order chi connectivity index (χ1) is 12.0. The number of carbonyl (C=O) groups excluding carboxylic acids is 1. The fourth-order valence-electron chi connectivity index (χ4n) is 3.08. The summed E-state index contributed by atoms with van der Waals surface area (Å²) in [5.41, 5.74) is 6.48. The zero-order chi connectivity index (χ0) is 17.9. The minimum atomic E-state index is -0.524. The molecule has 0 bridgehead atoms. The van der Waals surface area contributed by atoms with Crippen LogP contribution in [0.1, 0.15) is 19.8 Å². The van der Waals surface area contributed by atoms with Crippen molar-refractivity contribution in [1.29, 1.82) is 0 Å². The molecule has 3 atom stereocenters. The first-order valence-corrected chi connectivity index (χ1v) is 9.28. The second kappa shape index (κ2) is 7.43. The van der Waals surface area contributed by atoms with E-state index in [1.807, 2.05) is 6.08 Å². The first kappa shape index (κ1) is 17.7. The Morgan fingerprint density at radius 1 is 1.52 bits per heavy atom. The Morgan fingerprint density at radius 2 is 2.36 bits per heavy atom. The van der Waals surface area contributed by atoms with Gasteiger partial charge in [0.25, 0.3) is 5.91 Å². The zero-order valence-electron chi connectivity index (χ0n) is 14.4. The second-order valence-electron chi connectivity index (χ2n) is 6.44. The van der Waals surface area contributed by atoms with Crippen molar-refractivity contribution in [3.63, 3.8) is 0 Å². The fourth-order valence-corrected chi connectivity index (χ4v) is 4.08. The van der Waals surface area contributed by atoms with Crippen LogP contribution in [0.25, 0.3) is 0 Å². The maximum atomic E-state index is 12.4. The molecule has 0 aromatic rings.